The number of rotatable bonds is 6. The lowest BCUT2D eigenvalue weighted by atomic mass is 10.1. The van der Waals surface area contributed by atoms with Gasteiger partial charge in [0.2, 0.25) is 0 Å². The number of likely N-dealkylation sites (tertiary alicyclic amines) is 1. The number of pyridine rings is 1. The number of aromatic hydroxyl groups is 1. The van der Waals surface area contributed by atoms with Crippen LogP contribution in [0.4, 0.5) is 0 Å². The molecule has 1 aliphatic rings. The predicted molar refractivity (Wildman–Crippen MR) is 82.6 cm³/mol. The zero-order chi connectivity index (χ0) is 14.4. The smallest absolute Gasteiger partial charge is 0.141 e. The Morgan fingerprint density at radius 1 is 1.45 bits per heavy atom. The van der Waals surface area contributed by atoms with Crippen molar-refractivity contribution in [1.82, 2.24) is 9.88 Å². The highest BCUT2D eigenvalue weighted by Crippen LogP contribution is 2.17. The fourth-order valence-corrected chi connectivity index (χ4v) is 2.74. The zero-order valence-electron chi connectivity index (χ0n) is 12.1. The summed E-state index contributed by atoms with van der Waals surface area (Å²) < 4.78 is 0. The average molecular weight is 275 g/mol. The minimum atomic E-state index is 0.200. The Morgan fingerprint density at radius 2 is 2.30 bits per heavy atom. The summed E-state index contributed by atoms with van der Waals surface area (Å²) in [5.41, 5.74) is 7.58. The fraction of sp³-hybridized carbons (Fsp3) is 0.562. The van der Waals surface area contributed by atoms with Gasteiger partial charge >= 0.3 is 0 Å². The first-order valence-electron chi connectivity index (χ1n) is 7.48. The van der Waals surface area contributed by atoms with Crippen LogP contribution in [0.25, 0.3) is 6.08 Å². The highest BCUT2D eigenvalue weighted by molar-refractivity contribution is 5.50. The molecule has 0 amide bonds. The number of unbranched alkanes of at least 4 members (excludes halogenated alkanes) is 1. The molecule has 0 spiro atoms. The number of aryl methyl sites for hydroxylation is 1. The van der Waals surface area contributed by atoms with Crippen molar-refractivity contribution in [2.45, 2.75) is 38.1 Å². The van der Waals surface area contributed by atoms with E-state index in [9.17, 15) is 5.11 Å². The molecule has 0 aromatic carbocycles. The van der Waals surface area contributed by atoms with Crippen LogP contribution in [-0.2, 0) is 6.42 Å². The molecule has 2 rings (SSSR count). The van der Waals surface area contributed by atoms with Crippen LogP contribution in [0.15, 0.2) is 18.7 Å². The Bertz CT molecular complexity index is 447. The number of hydrogen-bond donors (Lipinski definition) is 2. The van der Waals surface area contributed by atoms with Gasteiger partial charge in [0.1, 0.15) is 11.4 Å². The molecule has 1 aliphatic heterocycles. The van der Waals surface area contributed by atoms with E-state index in [0.717, 1.165) is 38.0 Å². The summed E-state index contributed by atoms with van der Waals surface area (Å²) in [5, 5.41) is 9.55. The second-order valence-electron chi connectivity index (χ2n) is 5.57. The van der Waals surface area contributed by atoms with Crippen molar-refractivity contribution >= 4 is 6.08 Å². The van der Waals surface area contributed by atoms with Gasteiger partial charge < -0.3 is 15.7 Å². The van der Waals surface area contributed by atoms with Gasteiger partial charge in [-0.25, -0.2) is 4.98 Å². The van der Waals surface area contributed by atoms with E-state index in [0.29, 0.717) is 11.7 Å². The molecule has 0 saturated carbocycles. The van der Waals surface area contributed by atoms with Gasteiger partial charge in [-0.3, -0.25) is 0 Å². The molecule has 0 aliphatic carbocycles. The van der Waals surface area contributed by atoms with Crippen molar-refractivity contribution in [2.24, 2.45) is 5.73 Å². The van der Waals surface area contributed by atoms with Gasteiger partial charge in [-0.05, 0) is 63.4 Å². The van der Waals surface area contributed by atoms with Gasteiger partial charge in [-0.2, -0.15) is 0 Å². The van der Waals surface area contributed by atoms with E-state index < -0.39 is 0 Å². The molecule has 1 aromatic heterocycles. The summed E-state index contributed by atoms with van der Waals surface area (Å²) in [6, 6.07) is 3.94. The minimum Gasteiger partial charge on any atom is -0.506 e. The third-order valence-electron chi connectivity index (χ3n) is 3.85. The van der Waals surface area contributed by atoms with E-state index in [-0.39, 0.29) is 5.75 Å². The second kappa shape index (κ2) is 7.41. The van der Waals surface area contributed by atoms with Crippen LogP contribution >= 0.6 is 0 Å². The van der Waals surface area contributed by atoms with Crippen molar-refractivity contribution in [3.63, 3.8) is 0 Å². The van der Waals surface area contributed by atoms with Crippen LogP contribution in [0.5, 0.6) is 5.75 Å². The third-order valence-corrected chi connectivity index (χ3v) is 3.85. The Labute approximate surface area is 121 Å². The predicted octanol–water partition coefficient (Wildman–Crippen LogP) is 2.18. The van der Waals surface area contributed by atoms with Crippen molar-refractivity contribution in [2.75, 3.05) is 19.6 Å². The molecule has 2 heterocycles. The number of nitrogens with zero attached hydrogens (tertiary/aromatic N) is 2. The number of hydrogen-bond acceptors (Lipinski definition) is 4. The lowest BCUT2D eigenvalue weighted by molar-refractivity contribution is 0.206. The van der Waals surface area contributed by atoms with Crippen molar-refractivity contribution in [3.8, 4) is 5.75 Å². The molecule has 110 valence electrons. The van der Waals surface area contributed by atoms with E-state index >= 15 is 0 Å². The first-order valence-corrected chi connectivity index (χ1v) is 7.48. The van der Waals surface area contributed by atoms with E-state index in [4.69, 9.17) is 5.73 Å². The molecule has 1 atom stereocenters. The second-order valence-corrected chi connectivity index (χ2v) is 5.57. The van der Waals surface area contributed by atoms with E-state index in [1.165, 1.54) is 19.4 Å². The summed E-state index contributed by atoms with van der Waals surface area (Å²) in [5.74, 6) is 0.200. The SMILES string of the molecule is C=Cc1nc(CCCCN2CCCC(N)C2)ccc1O. The lowest BCUT2D eigenvalue weighted by Gasteiger charge is -2.30. The van der Waals surface area contributed by atoms with E-state index in [1.54, 1.807) is 12.1 Å². The molecule has 1 aromatic rings. The van der Waals surface area contributed by atoms with Crippen molar-refractivity contribution in [1.29, 1.82) is 0 Å². The van der Waals surface area contributed by atoms with Crippen LogP contribution in [-0.4, -0.2) is 40.7 Å². The molecule has 0 radical (unpaired) electrons. The fourth-order valence-electron chi connectivity index (χ4n) is 2.74. The molecule has 1 saturated heterocycles. The molecule has 4 heteroatoms. The maximum absolute atomic E-state index is 9.55. The Balaban J connectivity index is 1.71. The summed E-state index contributed by atoms with van der Waals surface area (Å²) in [7, 11) is 0. The van der Waals surface area contributed by atoms with Crippen LogP contribution in [0.2, 0.25) is 0 Å². The normalized spacial score (nSPS) is 19.9. The largest absolute Gasteiger partial charge is 0.506 e. The first-order chi connectivity index (χ1) is 9.69. The minimum absolute atomic E-state index is 0.200. The molecule has 20 heavy (non-hydrogen) atoms. The maximum atomic E-state index is 9.55. The van der Waals surface area contributed by atoms with Gasteiger partial charge in [-0.15, -0.1) is 0 Å². The molecule has 1 unspecified atom stereocenters. The van der Waals surface area contributed by atoms with E-state index in [2.05, 4.69) is 16.5 Å². The Morgan fingerprint density at radius 3 is 3.05 bits per heavy atom. The Hall–Kier alpha value is -1.39. The summed E-state index contributed by atoms with van der Waals surface area (Å²) in [6.07, 6.45) is 7.20. The molecular weight excluding hydrogens is 250 g/mol. The molecule has 4 nitrogen and oxygen atoms in total. The highest BCUT2D eigenvalue weighted by atomic mass is 16.3. The van der Waals surface area contributed by atoms with Gasteiger partial charge in [-0.1, -0.05) is 6.58 Å². The number of piperidine rings is 1. The van der Waals surface area contributed by atoms with Crippen LogP contribution in [0.3, 0.4) is 0 Å². The van der Waals surface area contributed by atoms with Gasteiger partial charge in [0, 0.05) is 18.3 Å². The van der Waals surface area contributed by atoms with Crippen molar-refractivity contribution in [3.05, 3.63) is 30.1 Å². The lowest BCUT2D eigenvalue weighted by Crippen LogP contribution is -2.43. The quantitative estimate of drug-likeness (QED) is 0.781. The van der Waals surface area contributed by atoms with Crippen molar-refractivity contribution < 1.29 is 5.11 Å². The summed E-state index contributed by atoms with van der Waals surface area (Å²) in [4.78, 5) is 6.85. The van der Waals surface area contributed by atoms with Crippen LogP contribution in [0, 0.1) is 0 Å². The Kier molecular flexibility index (Phi) is 5.56. The van der Waals surface area contributed by atoms with Gasteiger partial charge in [0.05, 0.1) is 0 Å². The van der Waals surface area contributed by atoms with Gasteiger partial charge in [0.25, 0.3) is 0 Å². The molecule has 1 fully saturated rings. The summed E-state index contributed by atoms with van der Waals surface area (Å²) in [6.45, 7) is 7.01. The number of nitrogens with two attached hydrogens (primary N) is 1. The zero-order valence-corrected chi connectivity index (χ0v) is 12.1. The monoisotopic (exact) mass is 275 g/mol. The topological polar surface area (TPSA) is 62.4 Å². The third kappa shape index (κ3) is 4.32. The maximum Gasteiger partial charge on any atom is 0.141 e. The molecule has 0 bridgehead atoms. The van der Waals surface area contributed by atoms with Crippen LogP contribution in [0.1, 0.15) is 37.1 Å². The van der Waals surface area contributed by atoms with Crippen LogP contribution < -0.4 is 5.73 Å². The first kappa shape index (κ1) is 15.0. The number of aromatic nitrogens is 1. The summed E-state index contributed by atoms with van der Waals surface area (Å²) >= 11 is 0. The highest BCUT2D eigenvalue weighted by Gasteiger charge is 2.15. The average Bonchev–Trinajstić information content (AvgIpc) is 2.45. The molecule has 3 N–H and O–H groups in total. The standard InChI is InChI=1S/C16H25N3O/c1-2-15-16(20)9-8-14(18-15)7-3-4-10-19-11-5-6-13(17)12-19/h2,8-9,13,20H,1,3-7,10-12,17H2. The van der Waals surface area contributed by atoms with Gasteiger partial charge in [0.15, 0.2) is 0 Å². The molecular formula is C16H25N3O. The van der Waals surface area contributed by atoms with E-state index in [1.807, 2.05) is 6.07 Å².